The molecule has 0 bridgehead atoms. The highest BCUT2D eigenvalue weighted by molar-refractivity contribution is 6.36. The molecule has 2 aromatic rings. The normalized spacial score (nSPS) is 12.9. The number of nitrogens with one attached hydrogen (secondary N) is 1. The zero-order valence-corrected chi connectivity index (χ0v) is 18.1. The summed E-state index contributed by atoms with van der Waals surface area (Å²) in [5.41, 5.74) is 1.60. The third-order valence-corrected chi connectivity index (χ3v) is 4.82. The first-order chi connectivity index (χ1) is 13.3. The van der Waals surface area contributed by atoms with Gasteiger partial charge in [0.1, 0.15) is 6.04 Å². The largest absolute Gasteiger partial charge is 0.490 e. The molecule has 0 spiro atoms. The average Bonchev–Trinajstić information content (AvgIpc) is 2.65. The zero-order chi connectivity index (χ0) is 20.7. The number of carbonyl (C=O) groups is 1. The third kappa shape index (κ3) is 6.03. The van der Waals surface area contributed by atoms with Crippen LogP contribution in [-0.2, 0) is 4.79 Å². The molecule has 0 heterocycles. The summed E-state index contributed by atoms with van der Waals surface area (Å²) in [5.74, 6) is 1.31. The Kier molecular flexibility index (Phi) is 8.42. The molecule has 0 saturated carbocycles. The number of hydrogen-bond acceptors (Lipinski definition) is 3. The quantitative estimate of drug-likeness (QED) is 0.623. The monoisotopic (exact) mass is 425 g/mol. The van der Waals surface area contributed by atoms with Crippen LogP contribution in [0.3, 0.4) is 0 Å². The van der Waals surface area contributed by atoms with E-state index in [0.717, 1.165) is 11.3 Å². The van der Waals surface area contributed by atoms with Crippen LogP contribution in [0.15, 0.2) is 36.4 Å². The Balaban J connectivity index is 2.05. The molecular weight excluding hydrogens is 399 g/mol. The molecule has 0 aliphatic carbocycles. The lowest BCUT2D eigenvalue weighted by Gasteiger charge is -2.19. The van der Waals surface area contributed by atoms with Gasteiger partial charge in [0.2, 0.25) is 0 Å². The standard InChI is InChI=1S/C21H26Cl2N2O3/c1-5-27-19-10-7-15(11-20(19)28-6-2)13(3)24-14(4)21(26)25-18-9-8-16(22)12-17(18)23/h7-14,24H,5-6H2,1-4H3,(H,25,26)/p+1/t13-,14-/m0/s1. The summed E-state index contributed by atoms with van der Waals surface area (Å²) in [6.07, 6.45) is 0. The van der Waals surface area contributed by atoms with E-state index < -0.39 is 0 Å². The molecule has 28 heavy (non-hydrogen) atoms. The lowest BCUT2D eigenvalue weighted by Crippen LogP contribution is -2.91. The average molecular weight is 426 g/mol. The fourth-order valence-electron chi connectivity index (χ4n) is 2.82. The second kappa shape index (κ2) is 10.6. The third-order valence-electron chi connectivity index (χ3n) is 4.27. The zero-order valence-electron chi connectivity index (χ0n) is 16.6. The smallest absolute Gasteiger partial charge is 0.282 e. The topological polar surface area (TPSA) is 64.2 Å². The van der Waals surface area contributed by atoms with E-state index in [-0.39, 0.29) is 18.0 Å². The Labute approximate surface area is 176 Å². The lowest BCUT2D eigenvalue weighted by molar-refractivity contribution is -0.709. The molecule has 7 heteroatoms. The van der Waals surface area contributed by atoms with Gasteiger partial charge in [0, 0.05) is 10.6 Å². The van der Waals surface area contributed by atoms with Crippen molar-refractivity contribution < 1.29 is 19.6 Å². The Morgan fingerprint density at radius 2 is 1.71 bits per heavy atom. The molecule has 0 fully saturated rings. The van der Waals surface area contributed by atoms with Crippen molar-refractivity contribution in [3.63, 3.8) is 0 Å². The number of halogens is 2. The molecule has 1 amide bonds. The maximum absolute atomic E-state index is 12.5. The second-order valence-electron chi connectivity index (χ2n) is 6.46. The first-order valence-electron chi connectivity index (χ1n) is 9.36. The van der Waals surface area contributed by atoms with Crippen LogP contribution in [0.5, 0.6) is 11.5 Å². The van der Waals surface area contributed by atoms with Crippen molar-refractivity contribution in [2.24, 2.45) is 0 Å². The highest BCUT2D eigenvalue weighted by Gasteiger charge is 2.22. The van der Waals surface area contributed by atoms with Crippen molar-refractivity contribution in [2.45, 2.75) is 39.8 Å². The second-order valence-corrected chi connectivity index (χ2v) is 7.30. The van der Waals surface area contributed by atoms with E-state index in [1.807, 2.05) is 51.2 Å². The number of anilines is 1. The summed E-state index contributed by atoms with van der Waals surface area (Å²) in [5, 5.41) is 5.77. The van der Waals surface area contributed by atoms with Crippen LogP contribution >= 0.6 is 23.2 Å². The SMILES string of the molecule is CCOc1ccc([C@H](C)[NH2+][C@@H](C)C(=O)Nc2ccc(Cl)cc2Cl)cc1OCC. The summed E-state index contributed by atoms with van der Waals surface area (Å²) in [6, 6.07) is 10.6. The van der Waals surface area contributed by atoms with Crippen molar-refractivity contribution in [3.05, 3.63) is 52.0 Å². The van der Waals surface area contributed by atoms with Gasteiger partial charge in [0.15, 0.2) is 17.5 Å². The van der Waals surface area contributed by atoms with Gasteiger partial charge in [-0.25, -0.2) is 0 Å². The first-order valence-corrected chi connectivity index (χ1v) is 10.1. The van der Waals surface area contributed by atoms with E-state index in [9.17, 15) is 4.79 Å². The number of amides is 1. The molecule has 0 radical (unpaired) electrons. The van der Waals surface area contributed by atoms with Gasteiger partial charge in [-0.15, -0.1) is 0 Å². The summed E-state index contributed by atoms with van der Waals surface area (Å²) < 4.78 is 11.3. The Morgan fingerprint density at radius 1 is 1.04 bits per heavy atom. The summed E-state index contributed by atoms with van der Waals surface area (Å²) in [6.45, 7) is 8.91. The molecule has 2 rings (SSSR count). The highest BCUT2D eigenvalue weighted by Crippen LogP contribution is 2.30. The predicted octanol–water partition coefficient (Wildman–Crippen LogP) is 4.44. The van der Waals surface area contributed by atoms with Gasteiger partial charge in [0.25, 0.3) is 5.91 Å². The number of benzene rings is 2. The Hall–Kier alpha value is -1.95. The number of carbonyl (C=O) groups excluding carboxylic acids is 1. The lowest BCUT2D eigenvalue weighted by atomic mass is 10.1. The molecule has 0 unspecified atom stereocenters. The van der Waals surface area contributed by atoms with Gasteiger partial charge in [-0.05, 0) is 64.1 Å². The molecule has 5 nitrogen and oxygen atoms in total. The number of rotatable bonds is 9. The van der Waals surface area contributed by atoms with Gasteiger partial charge in [-0.3, -0.25) is 4.79 Å². The molecule has 0 saturated heterocycles. The first kappa shape index (κ1) is 22.3. The fourth-order valence-corrected chi connectivity index (χ4v) is 3.28. The van der Waals surface area contributed by atoms with Gasteiger partial charge in [-0.2, -0.15) is 0 Å². The summed E-state index contributed by atoms with van der Waals surface area (Å²) >= 11 is 12.0. The number of ether oxygens (including phenoxy) is 2. The van der Waals surface area contributed by atoms with Gasteiger partial charge >= 0.3 is 0 Å². The highest BCUT2D eigenvalue weighted by atomic mass is 35.5. The number of hydrogen-bond donors (Lipinski definition) is 2. The molecular formula is C21H27Cl2N2O3+. The molecule has 2 atom stereocenters. The van der Waals surface area contributed by atoms with Crippen molar-refractivity contribution in [1.29, 1.82) is 0 Å². The Morgan fingerprint density at radius 3 is 2.36 bits per heavy atom. The minimum absolute atomic E-state index is 0.0522. The van der Waals surface area contributed by atoms with E-state index in [1.54, 1.807) is 18.2 Å². The summed E-state index contributed by atoms with van der Waals surface area (Å²) in [7, 11) is 0. The molecule has 2 aromatic carbocycles. The van der Waals surface area contributed by atoms with Crippen molar-refractivity contribution in [3.8, 4) is 11.5 Å². The molecule has 152 valence electrons. The maximum atomic E-state index is 12.5. The van der Waals surface area contributed by atoms with Gasteiger partial charge in [0.05, 0.1) is 23.9 Å². The minimum Gasteiger partial charge on any atom is -0.490 e. The van der Waals surface area contributed by atoms with E-state index >= 15 is 0 Å². The fraction of sp³-hybridized carbons (Fsp3) is 0.381. The van der Waals surface area contributed by atoms with Crippen LogP contribution in [0, 0.1) is 0 Å². The van der Waals surface area contributed by atoms with Gasteiger partial charge in [-0.1, -0.05) is 23.2 Å². The number of quaternary nitrogens is 1. The van der Waals surface area contributed by atoms with Crippen molar-refractivity contribution in [2.75, 3.05) is 18.5 Å². The van der Waals surface area contributed by atoms with E-state index in [2.05, 4.69) is 5.32 Å². The van der Waals surface area contributed by atoms with E-state index in [4.69, 9.17) is 32.7 Å². The van der Waals surface area contributed by atoms with Crippen LogP contribution < -0.4 is 20.1 Å². The maximum Gasteiger partial charge on any atom is 0.282 e. The predicted molar refractivity (Wildman–Crippen MR) is 114 cm³/mol. The number of nitrogens with two attached hydrogens (primary N) is 1. The molecule has 3 N–H and O–H groups in total. The van der Waals surface area contributed by atoms with Crippen LogP contribution in [-0.4, -0.2) is 25.2 Å². The molecule has 0 aliphatic rings. The van der Waals surface area contributed by atoms with Crippen LogP contribution in [0.4, 0.5) is 5.69 Å². The van der Waals surface area contributed by atoms with Crippen molar-refractivity contribution >= 4 is 34.8 Å². The molecule has 0 aromatic heterocycles. The van der Waals surface area contributed by atoms with E-state index in [1.165, 1.54) is 0 Å². The van der Waals surface area contributed by atoms with E-state index in [0.29, 0.717) is 34.7 Å². The molecule has 0 aliphatic heterocycles. The van der Waals surface area contributed by atoms with Gasteiger partial charge < -0.3 is 20.1 Å². The van der Waals surface area contributed by atoms with Crippen LogP contribution in [0.2, 0.25) is 10.0 Å². The summed E-state index contributed by atoms with van der Waals surface area (Å²) in [4.78, 5) is 12.5. The van der Waals surface area contributed by atoms with Crippen LogP contribution in [0.1, 0.15) is 39.3 Å². The van der Waals surface area contributed by atoms with Crippen LogP contribution in [0.25, 0.3) is 0 Å². The van der Waals surface area contributed by atoms with Crippen molar-refractivity contribution in [1.82, 2.24) is 0 Å². The Bertz CT molecular complexity index is 814. The minimum atomic E-state index is -0.316.